The van der Waals surface area contributed by atoms with Gasteiger partial charge in [0.2, 0.25) is 0 Å². The summed E-state index contributed by atoms with van der Waals surface area (Å²) in [5, 5.41) is 18.8. The maximum atomic E-state index is 9.65. The van der Waals surface area contributed by atoms with Crippen LogP contribution in [-0.2, 0) is 0 Å². The Bertz CT molecular complexity index is 662. The molecule has 0 aliphatic rings. The largest absolute Gasteiger partial charge is 0.389 e. The molecular formula is C16H15BrN2O. The Hall–Kier alpha value is -1.83. The van der Waals surface area contributed by atoms with Crippen molar-refractivity contribution in [3.05, 3.63) is 58.1 Å². The van der Waals surface area contributed by atoms with Gasteiger partial charge in [-0.15, -0.1) is 0 Å². The number of anilines is 2. The third kappa shape index (κ3) is 2.84. The lowest BCUT2D eigenvalue weighted by Crippen LogP contribution is -2.11. The monoisotopic (exact) mass is 330 g/mol. The van der Waals surface area contributed by atoms with Gasteiger partial charge in [-0.05, 0) is 36.8 Å². The summed E-state index contributed by atoms with van der Waals surface area (Å²) >= 11 is 3.47. The van der Waals surface area contributed by atoms with Gasteiger partial charge in [-0.2, -0.15) is 5.26 Å². The number of hydrogen-bond acceptors (Lipinski definition) is 3. The van der Waals surface area contributed by atoms with E-state index in [2.05, 4.69) is 22.0 Å². The molecule has 0 fully saturated rings. The van der Waals surface area contributed by atoms with Gasteiger partial charge in [0.05, 0.1) is 17.4 Å². The predicted octanol–water partition coefficient (Wildman–Crippen LogP) is 4.14. The Labute approximate surface area is 127 Å². The van der Waals surface area contributed by atoms with Gasteiger partial charge >= 0.3 is 0 Å². The van der Waals surface area contributed by atoms with Gasteiger partial charge in [0.25, 0.3) is 0 Å². The highest BCUT2D eigenvalue weighted by Gasteiger charge is 2.12. The van der Waals surface area contributed by atoms with Crippen LogP contribution in [0.15, 0.2) is 46.9 Å². The summed E-state index contributed by atoms with van der Waals surface area (Å²) in [6, 6.07) is 15.4. The molecule has 0 bridgehead atoms. The molecule has 0 aliphatic heterocycles. The average Bonchev–Trinajstić information content (AvgIpc) is 2.45. The van der Waals surface area contributed by atoms with E-state index in [1.807, 2.05) is 48.3 Å². The van der Waals surface area contributed by atoms with Crippen molar-refractivity contribution in [3.63, 3.8) is 0 Å². The minimum absolute atomic E-state index is 0.518. The number of rotatable bonds is 3. The van der Waals surface area contributed by atoms with Gasteiger partial charge in [0.15, 0.2) is 0 Å². The Morgan fingerprint density at radius 1 is 1.25 bits per heavy atom. The third-order valence-electron chi connectivity index (χ3n) is 3.21. The molecule has 0 radical (unpaired) electrons. The van der Waals surface area contributed by atoms with Crippen LogP contribution in [0.1, 0.15) is 24.2 Å². The van der Waals surface area contributed by atoms with Crippen molar-refractivity contribution >= 4 is 27.3 Å². The maximum absolute atomic E-state index is 9.65. The molecule has 0 aliphatic carbocycles. The molecule has 1 N–H and O–H groups in total. The number of nitrogens with zero attached hydrogens (tertiary/aromatic N) is 2. The van der Waals surface area contributed by atoms with E-state index in [0.717, 1.165) is 21.4 Å². The fourth-order valence-corrected chi connectivity index (χ4v) is 2.76. The van der Waals surface area contributed by atoms with Crippen LogP contribution in [0.25, 0.3) is 0 Å². The highest BCUT2D eigenvalue weighted by atomic mass is 79.9. The van der Waals surface area contributed by atoms with Gasteiger partial charge < -0.3 is 10.0 Å². The van der Waals surface area contributed by atoms with Gasteiger partial charge in [-0.25, -0.2) is 0 Å². The van der Waals surface area contributed by atoms with Crippen LogP contribution in [0.3, 0.4) is 0 Å². The lowest BCUT2D eigenvalue weighted by Gasteiger charge is -2.22. The standard InChI is InChI=1S/C16H15BrN2O/c1-11(20)14-8-7-13(9-15(14)17)19(2)16-6-4-3-5-12(16)10-18/h3-9,11,20H,1-2H3/t11-/m0/s1. The van der Waals surface area contributed by atoms with E-state index >= 15 is 0 Å². The average molecular weight is 331 g/mol. The molecule has 0 saturated carbocycles. The Kier molecular flexibility index (Phi) is 4.43. The van der Waals surface area contributed by atoms with Gasteiger partial charge in [0.1, 0.15) is 6.07 Å². The van der Waals surface area contributed by atoms with E-state index in [4.69, 9.17) is 5.26 Å². The van der Waals surface area contributed by atoms with Crippen molar-refractivity contribution in [2.24, 2.45) is 0 Å². The molecule has 3 nitrogen and oxygen atoms in total. The predicted molar refractivity (Wildman–Crippen MR) is 84.0 cm³/mol. The van der Waals surface area contributed by atoms with Crippen molar-refractivity contribution in [2.75, 3.05) is 11.9 Å². The molecule has 0 aromatic heterocycles. The molecule has 102 valence electrons. The second kappa shape index (κ2) is 6.08. The Morgan fingerprint density at radius 3 is 2.55 bits per heavy atom. The van der Waals surface area contributed by atoms with E-state index in [1.165, 1.54) is 0 Å². The molecule has 2 aromatic carbocycles. The fourth-order valence-electron chi connectivity index (χ4n) is 2.06. The Balaban J connectivity index is 2.42. The fraction of sp³-hybridized carbons (Fsp3) is 0.188. The number of aliphatic hydroxyl groups excluding tert-OH is 1. The van der Waals surface area contributed by atoms with Gasteiger partial charge in [0, 0.05) is 17.2 Å². The third-order valence-corrected chi connectivity index (χ3v) is 3.89. The first-order valence-corrected chi connectivity index (χ1v) is 7.04. The molecule has 0 unspecified atom stereocenters. The number of nitriles is 1. The highest BCUT2D eigenvalue weighted by molar-refractivity contribution is 9.10. The second-order valence-electron chi connectivity index (χ2n) is 4.57. The quantitative estimate of drug-likeness (QED) is 0.919. The molecule has 0 saturated heterocycles. The summed E-state index contributed by atoms with van der Waals surface area (Å²) in [6.07, 6.45) is -0.518. The van der Waals surface area contributed by atoms with Crippen LogP contribution in [0.5, 0.6) is 0 Å². The maximum Gasteiger partial charge on any atom is 0.101 e. The second-order valence-corrected chi connectivity index (χ2v) is 5.42. The summed E-state index contributed by atoms with van der Waals surface area (Å²) in [5.74, 6) is 0. The summed E-state index contributed by atoms with van der Waals surface area (Å²) in [7, 11) is 1.92. The molecule has 0 spiro atoms. The lowest BCUT2D eigenvalue weighted by molar-refractivity contribution is 0.198. The summed E-state index contributed by atoms with van der Waals surface area (Å²) in [5.41, 5.74) is 3.28. The number of halogens is 1. The van der Waals surface area contributed by atoms with Crippen LogP contribution >= 0.6 is 15.9 Å². The number of aliphatic hydroxyl groups is 1. The topological polar surface area (TPSA) is 47.3 Å². The molecular weight excluding hydrogens is 316 g/mol. The van der Waals surface area contributed by atoms with E-state index in [9.17, 15) is 5.11 Å². The van der Waals surface area contributed by atoms with E-state index in [-0.39, 0.29) is 0 Å². The van der Waals surface area contributed by atoms with Crippen molar-refractivity contribution < 1.29 is 5.11 Å². The minimum atomic E-state index is -0.518. The molecule has 2 aromatic rings. The van der Waals surface area contributed by atoms with Gasteiger partial charge in [-0.1, -0.05) is 34.1 Å². The van der Waals surface area contributed by atoms with Crippen molar-refractivity contribution in [1.82, 2.24) is 0 Å². The summed E-state index contributed by atoms with van der Waals surface area (Å²) < 4.78 is 0.853. The lowest BCUT2D eigenvalue weighted by atomic mass is 10.1. The van der Waals surface area contributed by atoms with Crippen LogP contribution in [0.2, 0.25) is 0 Å². The number of benzene rings is 2. The van der Waals surface area contributed by atoms with Crippen molar-refractivity contribution in [1.29, 1.82) is 5.26 Å². The zero-order chi connectivity index (χ0) is 14.7. The minimum Gasteiger partial charge on any atom is -0.389 e. The van der Waals surface area contributed by atoms with Crippen LogP contribution in [0, 0.1) is 11.3 Å². The zero-order valence-corrected chi connectivity index (χ0v) is 12.9. The molecule has 1 atom stereocenters. The molecule has 0 amide bonds. The SMILES string of the molecule is C[C@H](O)c1ccc(N(C)c2ccccc2C#N)cc1Br. The summed E-state index contributed by atoms with van der Waals surface area (Å²) in [4.78, 5) is 1.95. The van der Waals surface area contributed by atoms with E-state index < -0.39 is 6.10 Å². The number of hydrogen-bond donors (Lipinski definition) is 1. The highest BCUT2D eigenvalue weighted by Crippen LogP contribution is 2.32. The van der Waals surface area contributed by atoms with Crippen molar-refractivity contribution in [3.8, 4) is 6.07 Å². The smallest absolute Gasteiger partial charge is 0.101 e. The van der Waals surface area contributed by atoms with Crippen LogP contribution in [-0.4, -0.2) is 12.2 Å². The Morgan fingerprint density at radius 2 is 1.95 bits per heavy atom. The van der Waals surface area contributed by atoms with Gasteiger partial charge in [-0.3, -0.25) is 0 Å². The molecule has 0 heterocycles. The van der Waals surface area contributed by atoms with Crippen LogP contribution in [0.4, 0.5) is 11.4 Å². The normalized spacial score (nSPS) is 11.8. The molecule has 2 rings (SSSR count). The van der Waals surface area contributed by atoms with E-state index in [1.54, 1.807) is 13.0 Å². The first kappa shape index (κ1) is 14.6. The molecule has 4 heteroatoms. The van der Waals surface area contributed by atoms with Crippen LogP contribution < -0.4 is 4.90 Å². The first-order valence-electron chi connectivity index (χ1n) is 6.25. The summed E-state index contributed by atoms with van der Waals surface area (Å²) in [6.45, 7) is 1.73. The van der Waals surface area contributed by atoms with Crippen molar-refractivity contribution in [2.45, 2.75) is 13.0 Å². The first-order chi connectivity index (χ1) is 9.54. The number of para-hydroxylation sites is 1. The van der Waals surface area contributed by atoms with E-state index in [0.29, 0.717) is 5.56 Å². The zero-order valence-electron chi connectivity index (χ0n) is 11.3. The molecule has 20 heavy (non-hydrogen) atoms.